The lowest BCUT2D eigenvalue weighted by molar-refractivity contribution is -0.135. The molecule has 3 aromatic carbocycles. The predicted octanol–water partition coefficient (Wildman–Crippen LogP) is 12.1. The van der Waals surface area contributed by atoms with Gasteiger partial charge in [0.25, 0.3) is 0 Å². The molecule has 0 aliphatic rings. The van der Waals surface area contributed by atoms with E-state index in [2.05, 4.69) is 27.0 Å². The number of rotatable bonds is 30. The first kappa shape index (κ1) is 47.0. The van der Waals surface area contributed by atoms with Crippen LogP contribution >= 0.6 is 0 Å². The number of ether oxygens (including phenoxy) is 6. The van der Waals surface area contributed by atoms with Crippen molar-refractivity contribution in [2.45, 2.75) is 129 Å². The van der Waals surface area contributed by atoms with E-state index in [0.717, 1.165) is 25.7 Å². The SMILES string of the molecule is C=CCCCC(=O)Oc1cc(OC(=O)c2ccc(OCCCCCCCC)cc2)c(OC(=O)CCCC=C)cc1OC(=O)c1ccc(OCCCCCCCC)cc1. The van der Waals surface area contributed by atoms with Gasteiger partial charge in [0.05, 0.1) is 24.3 Å². The summed E-state index contributed by atoms with van der Waals surface area (Å²) in [6, 6.07) is 15.4. The van der Waals surface area contributed by atoms with Crippen LogP contribution in [0.1, 0.15) is 150 Å². The largest absolute Gasteiger partial charge is 0.494 e. The van der Waals surface area contributed by atoms with Crippen molar-refractivity contribution in [2.75, 3.05) is 13.2 Å². The predicted molar refractivity (Wildman–Crippen MR) is 226 cm³/mol. The number of unbranched alkanes of at least 4 members (excludes halogenated alkanes) is 12. The van der Waals surface area contributed by atoms with Crippen molar-refractivity contribution in [3.8, 4) is 34.5 Å². The normalized spacial score (nSPS) is 10.7. The fourth-order valence-electron chi connectivity index (χ4n) is 5.81. The summed E-state index contributed by atoms with van der Waals surface area (Å²) in [5.41, 5.74) is 0.404. The zero-order chi connectivity index (χ0) is 41.8. The molecule has 0 fully saturated rings. The summed E-state index contributed by atoms with van der Waals surface area (Å²) in [5, 5.41) is 0. The van der Waals surface area contributed by atoms with Gasteiger partial charge in [-0.2, -0.15) is 0 Å². The van der Waals surface area contributed by atoms with Crippen LogP contribution in [0.2, 0.25) is 0 Å². The second-order valence-electron chi connectivity index (χ2n) is 14.1. The van der Waals surface area contributed by atoms with Gasteiger partial charge in [0.15, 0.2) is 23.0 Å². The average Bonchev–Trinajstić information content (AvgIpc) is 3.22. The minimum Gasteiger partial charge on any atom is -0.494 e. The molecule has 10 heteroatoms. The molecule has 3 rings (SSSR count). The molecule has 0 spiro atoms. The molecule has 0 aliphatic carbocycles. The highest BCUT2D eigenvalue weighted by molar-refractivity contribution is 5.93. The third-order valence-electron chi connectivity index (χ3n) is 9.15. The number of hydrogen-bond donors (Lipinski definition) is 0. The van der Waals surface area contributed by atoms with E-state index in [4.69, 9.17) is 28.4 Å². The number of carbonyl (C=O) groups is 4. The molecule has 0 unspecified atom stereocenters. The monoisotopic (exact) mass is 798 g/mol. The first-order valence-corrected chi connectivity index (χ1v) is 21.0. The Balaban J connectivity index is 1.83. The third-order valence-corrected chi connectivity index (χ3v) is 9.15. The molecule has 0 bridgehead atoms. The van der Waals surface area contributed by atoms with E-state index in [-0.39, 0.29) is 47.0 Å². The van der Waals surface area contributed by atoms with Crippen molar-refractivity contribution < 1.29 is 47.6 Å². The molecule has 58 heavy (non-hydrogen) atoms. The number of hydrogen-bond acceptors (Lipinski definition) is 10. The topological polar surface area (TPSA) is 124 Å². The Morgan fingerprint density at radius 2 is 0.810 bits per heavy atom. The van der Waals surface area contributed by atoms with Crippen LogP contribution in [-0.4, -0.2) is 37.1 Å². The van der Waals surface area contributed by atoms with Gasteiger partial charge in [-0.1, -0.05) is 90.2 Å². The Bertz CT molecular complexity index is 1580. The minimum absolute atomic E-state index is 0.0437. The summed E-state index contributed by atoms with van der Waals surface area (Å²) < 4.78 is 34.5. The van der Waals surface area contributed by atoms with Crippen LogP contribution in [0.4, 0.5) is 0 Å². The summed E-state index contributed by atoms with van der Waals surface area (Å²) in [4.78, 5) is 52.8. The number of carbonyl (C=O) groups excluding carboxylic acids is 4. The molecule has 0 aliphatic heterocycles. The Morgan fingerprint density at radius 1 is 0.466 bits per heavy atom. The second kappa shape index (κ2) is 28.1. The van der Waals surface area contributed by atoms with Crippen molar-refractivity contribution in [1.29, 1.82) is 0 Å². The fraction of sp³-hybridized carbons (Fsp3) is 0.458. The molecular formula is C48H62O10. The van der Waals surface area contributed by atoms with Gasteiger partial charge < -0.3 is 28.4 Å². The van der Waals surface area contributed by atoms with Crippen LogP contribution in [-0.2, 0) is 9.59 Å². The van der Waals surface area contributed by atoms with Gasteiger partial charge in [0.2, 0.25) is 0 Å². The number of benzene rings is 3. The van der Waals surface area contributed by atoms with Gasteiger partial charge >= 0.3 is 23.9 Å². The number of esters is 4. The molecule has 0 atom stereocenters. The lowest BCUT2D eigenvalue weighted by atomic mass is 10.1. The Morgan fingerprint density at radius 3 is 1.17 bits per heavy atom. The van der Waals surface area contributed by atoms with Crippen LogP contribution in [0.5, 0.6) is 34.5 Å². The molecule has 0 saturated carbocycles. The first-order chi connectivity index (χ1) is 28.3. The molecule has 0 saturated heterocycles. The van der Waals surface area contributed by atoms with E-state index in [0.29, 0.717) is 50.4 Å². The van der Waals surface area contributed by atoms with Crippen molar-refractivity contribution >= 4 is 23.9 Å². The van der Waals surface area contributed by atoms with Crippen molar-refractivity contribution in [1.82, 2.24) is 0 Å². The molecule has 0 radical (unpaired) electrons. The highest BCUT2D eigenvalue weighted by Crippen LogP contribution is 2.41. The van der Waals surface area contributed by atoms with Crippen LogP contribution < -0.4 is 28.4 Å². The Hall–Kier alpha value is -5.38. The summed E-state index contributed by atoms with van der Waals surface area (Å²) in [7, 11) is 0. The molecule has 10 nitrogen and oxygen atoms in total. The van der Waals surface area contributed by atoms with Crippen molar-refractivity contribution in [2.24, 2.45) is 0 Å². The standard InChI is InChI=1S/C48H62O10/c1-5-9-13-15-17-21-33-53-39-29-25-37(26-30-39)47(51)57-43-35-42(56-46(50)24-20-12-8-4)44(36-41(43)55-45(49)23-19-11-7-3)58-48(52)38-27-31-40(32-28-38)54-34-22-18-16-14-10-6-2/h7-8,25-32,35-36H,3-6,9-24,33-34H2,1-2H3. The van der Waals surface area contributed by atoms with Gasteiger partial charge in [-0.25, -0.2) is 9.59 Å². The van der Waals surface area contributed by atoms with Gasteiger partial charge in [0.1, 0.15) is 11.5 Å². The van der Waals surface area contributed by atoms with Gasteiger partial charge in [-0.3, -0.25) is 9.59 Å². The van der Waals surface area contributed by atoms with Crippen LogP contribution in [0.25, 0.3) is 0 Å². The van der Waals surface area contributed by atoms with E-state index < -0.39 is 23.9 Å². The lowest BCUT2D eigenvalue weighted by Crippen LogP contribution is -2.15. The molecule has 0 aromatic heterocycles. The highest BCUT2D eigenvalue weighted by Gasteiger charge is 2.24. The van der Waals surface area contributed by atoms with Crippen LogP contribution in [0, 0.1) is 0 Å². The van der Waals surface area contributed by atoms with E-state index in [1.165, 1.54) is 63.5 Å². The fourth-order valence-corrected chi connectivity index (χ4v) is 5.81. The quantitative estimate of drug-likeness (QED) is 0.0278. The van der Waals surface area contributed by atoms with Gasteiger partial charge in [-0.05, 0) is 87.1 Å². The molecule has 0 N–H and O–H groups in total. The van der Waals surface area contributed by atoms with Crippen LogP contribution in [0.15, 0.2) is 86.0 Å². The van der Waals surface area contributed by atoms with E-state index in [1.54, 1.807) is 60.7 Å². The Labute approximate surface area is 344 Å². The second-order valence-corrected chi connectivity index (χ2v) is 14.1. The molecule has 0 amide bonds. The molecule has 0 heterocycles. The van der Waals surface area contributed by atoms with Crippen molar-refractivity contribution in [3.05, 3.63) is 97.1 Å². The van der Waals surface area contributed by atoms with Gasteiger partial charge in [-0.15, -0.1) is 13.2 Å². The third kappa shape index (κ3) is 18.3. The van der Waals surface area contributed by atoms with E-state index >= 15 is 0 Å². The zero-order valence-corrected chi connectivity index (χ0v) is 34.6. The van der Waals surface area contributed by atoms with Crippen molar-refractivity contribution in [3.63, 3.8) is 0 Å². The first-order valence-electron chi connectivity index (χ1n) is 21.0. The molecule has 314 valence electrons. The summed E-state index contributed by atoms with van der Waals surface area (Å²) in [6.07, 6.45) is 19.3. The van der Waals surface area contributed by atoms with E-state index in [1.807, 2.05) is 0 Å². The lowest BCUT2D eigenvalue weighted by Gasteiger charge is -2.16. The minimum atomic E-state index is -0.766. The van der Waals surface area contributed by atoms with Gasteiger partial charge in [0, 0.05) is 25.0 Å². The zero-order valence-electron chi connectivity index (χ0n) is 34.6. The summed E-state index contributed by atoms with van der Waals surface area (Å²) in [5.74, 6) is -2.37. The van der Waals surface area contributed by atoms with E-state index in [9.17, 15) is 19.2 Å². The summed E-state index contributed by atoms with van der Waals surface area (Å²) >= 11 is 0. The molecule has 3 aromatic rings. The van der Waals surface area contributed by atoms with Crippen LogP contribution in [0.3, 0.4) is 0 Å². The highest BCUT2D eigenvalue weighted by atomic mass is 16.6. The maximum atomic E-state index is 13.5. The Kier molecular flexibility index (Phi) is 22.8. The maximum absolute atomic E-state index is 13.5. The number of allylic oxidation sites excluding steroid dienone is 2. The molecular weight excluding hydrogens is 737 g/mol. The smallest absolute Gasteiger partial charge is 0.343 e. The average molecular weight is 799 g/mol. The maximum Gasteiger partial charge on any atom is 0.343 e. The summed E-state index contributed by atoms with van der Waals surface area (Å²) in [6.45, 7) is 12.9.